The van der Waals surface area contributed by atoms with E-state index < -0.39 is 36.5 Å². The summed E-state index contributed by atoms with van der Waals surface area (Å²) in [4.78, 5) is 0.924. The average molecular weight is 296 g/mol. The zero-order chi connectivity index (χ0) is 15.5. The highest BCUT2D eigenvalue weighted by molar-refractivity contribution is 5.50. The van der Waals surface area contributed by atoms with Crippen molar-refractivity contribution in [1.29, 1.82) is 0 Å². The van der Waals surface area contributed by atoms with E-state index in [0.29, 0.717) is 12.0 Å². The highest BCUT2D eigenvalue weighted by Gasteiger charge is 2.28. The van der Waals surface area contributed by atoms with Gasteiger partial charge in [0.15, 0.2) is 0 Å². The lowest BCUT2D eigenvalue weighted by Gasteiger charge is -2.22. The van der Waals surface area contributed by atoms with Crippen molar-refractivity contribution in [2.24, 2.45) is 5.73 Å². The van der Waals surface area contributed by atoms with E-state index in [1.165, 1.54) is 7.05 Å². The van der Waals surface area contributed by atoms with Crippen molar-refractivity contribution >= 4 is 5.69 Å². The van der Waals surface area contributed by atoms with Crippen molar-refractivity contribution in [3.63, 3.8) is 0 Å². The van der Waals surface area contributed by atoms with Crippen LogP contribution in [0.15, 0.2) is 12.1 Å². The Bertz CT molecular complexity index is 434. The zero-order valence-electron chi connectivity index (χ0n) is 11.3. The molecule has 0 aliphatic carbocycles. The number of alkyl halides is 3. The van der Waals surface area contributed by atoms with E-state index in [0.717, 1.165) is 17.0 Å². The molecule has 2 nitrogen and oxygen atoms in total. The van der Waals surface area contributed by atoms with Gasteiger partial charge in [-0.3, -0.25) is 0 Å². The molecule has 0 saturated heterocycles. The topological polar surface area (TPSA) is 29.3 Å². The van der Waals surface area contributed by atoms with Crippen molar-refractivity contribution in [2.75, 3.05) is 18.5 Å². The molecule has 0 saturated carbocycles. The van der Waals surface area contributed by atoms with Gasteiger partial charge >= 0.3 is 6.18 Å². The number of hydrogen-bond donors (Lipinski definition) is 1. The van der Waals surface area contributed by atoms with Gasteiger partial charge in [-0.25, -0.2) is 8.78 Å². The highest BCUT2D eigenvalue weighted by Crippen LogP contribution is 2.27. The standard InChI is InChI=1S/C13H17F5N2/c1-8(19)5-9-6-10(14)12(11(15)7-9)20(2)4-3-13(16,17)18/h6-8H,3-5,19H2,1-2H3. The lowest BCUT2D eigenvalue weighted by atomic mass is 10.1. The van der Waals surface area contributed by atoms with Crippen molar-refractivity contribution in [2.45, 2.75) is 32.0 Å². The molecule has 0 bridgehead atoms. The predicted octanol–water partition coefficient (Wildman–Crippen LogP) is 3.24. The second-order valence-electron chi connectivity index (χ2n) is 4.88. The number of halogens is 5. The van der Waals surface area contributed by atoms with Gasteiger partial charge in [0.05, 0.1) is 6.42 Å². The summed E-state index contributed by atoms with van der Waals surface area (Å²) in [5.74, 6) is -1.77. The predicted molar refractivity (Wildman–Crippen MR) is 67.7 cm³/mol. The fourth-order valence-corrected chi connectivity index (χ4v) is 1.88. The Kier molecular flexibility index (Phi) is 5.33. The van der Waals surface area contributed by atoms with Gasteiger partial charge in [-0.1, -0.05) is 0 Å². The zero-order valence-corrected chi connectivity index (χ0v) is 11.3. The van der Waals surface area contributed by atoms with Crippen LogP contribution in [0.4, 0.5) is 27.6 Å². The minimum Gasteiger partial charge on any atom is -0.370 e. The van der Waals surface area contributed by atoms with Crippen LogP contribution in [0.1, 0.15) is 18.9 Å². The Hall–Kier alpha value is -1.37. The van der Waals surface area contributed by atoms with Crippen LogP contribution in [0.25, 0.3) is 0 Å². The minimum absolute atomic E-state index is 0.261. The van der Waals surface area contributed by atoms with E-state index in [4.69, 9.17) is 5.73 Å². The summed E-state index contributed by atoms with van der Waals surface area (Å²) in [5, 5.41) is 0. The Labute approximate surface area is 114 Å². The van der Waals surface area contributed by atoms with Gasteiger partial charge < -0.3 is 10.6 Å². The Morgan fingerprint density at radius 2 is 1.70 bits per heavy atom. The number of hydrogen-bond acceptors (Lipinski definition) is 2. The van der Waals surface area contributed by atoms with Gasteiger partial charge in [-0.15, -0.1) is 0 Å². The second kappa shape index (κ2) is 6.39. The van der Waals surface area contributed by atoms with E-state index in [9.17, 15) is 22.0 Å². The highest BCUT2D eigenvalue weighted by atomic mass is 19.4. The van der Waals surface area contributed by atoms with E-state index in [1.807, 2.05) is 0 Å². The normalized spacial score (nSPS) is 13.4. The van der Waals surface area contributed by atoms with Crippen LogP contribution in [-0.4, -0.2) is 25.8 Å². The molecule has 0 spiro atoms. The van der Waals surface area contributed by atoms with Crippen molar-refractivity contribution in [3.8, 4) is 0 Å². The van der Waals surface area contributed by atoms with Crippen LogP contribution >= 0.6 is 0 Å². The van der Waals surface area contributed by atoms with Gasteiger partial charge in [0.2, 0.25) is 0 Å². The molecule has 1 atom stereocenters. The number of benzene rings is 1. The van der Waals surface area contributed by atoms with Gasteiger partial charge in [0.1, 0.15) is 17.3 Å². The fourth-order valence-electron chi connectivity index (χ4n) is 1.88. The van der Waals surface area contributed by atoms with Crippen LogP contribution in [0.3, 0.4) is 0 Å². The third kappa shape index (κ3) is 4.96. The van der Waals surface area contributed by atoms with Gasteiger partial charge in [-0.05, 0) is 31.0 Å². The number of nitrogens with zero attached hydrogens (tertiary/aromatic N) is 1. The molecule has 7 heteroatoms. The van der Waals surface area contributed by atoms with Crippen molar-refractivity contribution in [3.05, 3.63) is 29.3 Å². The first-order valence-corrected chi connectivity index (χ1v) is 6.11. The molecule has 1 aromatic carbocycles. The molecule has 1 rings (SSSR count). The first-order chi connectivity index (χ1) is 9.10. The summed E-state index contributed by atoms with van der Waals surface area (Å²) < 4.78 is 64.0. The van der Waals surface area contributed by atoms with Crippen LogP contribution in [0.2, 0.25) is 0 Å². The van der Waals surface area contributed by atoms with Crippen molar-refractivity contribution < 1.29 is 22.0 Å². The van der Waals surface area contributed by atoms with Crippen LogP contribution in [0, 0.1) is 11.6 Å². The smallest absolute Gasteiger partial charge is 0.370 e. The molecular weight excluding hydrogens is 279 g/mol. The van der Waals surface area contributed by atoms with Gasteiger partial charge in [0, 0.05) is 19.6 Å². The molecule has 20 heavy (non-hydrogen) atoms. The molecule has 0 amide bonds. The summed E-state index contributed by atoms with van der Waals surface area (Å²) in [5.41, 5.74) is 5.46. The summed E-state index contributed by atoms with van der Waals surface area (Å²) in [6, 6.07) is 1.94. The first kappa shape index (κ1) is 16.7. The van der Waals surface area contributed by atoms with E-state index in [2.05, 4.69) is 0 Å². The monoisotopic (exact) mass is 296 g/mol. The van der Waals surface area contributed by atoms with Crippen molar-refractivity contribution in [1.82, 2.24) is 0 Å². The third-order valence-electron chi connectivity index (χ3n) is 2.75. The lowest BCUT2D eigenvalue weighted by molar-refractivity contribution is -0.132. The molecule has 1 aromatic rings. The van der Waals surface area contributed by atoms with E-state index in [-0.39, 0.29) is 6.04 Å². The maximum atomic E-state index is 13.8. The quantitative estimate of drug-likeness (QED) is 0.845. The second-order valence-corrected chi connectivity index (χ2v) is 4.88. The van der Waals surface area contributed by atoms with Crippen LogP contribution < -0.4 is 10.6 Å². The summed E-state index contributed by atoms with van der Waals surface area (Å²) in [6.45, 7) is 1.18. The summed E-state index contributed by atoms with van der Waals surface area (Å²) in [6.07, 6.45) is -5.21. The Balaban J connectivity index is 2.90. The molecular formula is C13H17F5N2. The molecule has 114 valence electrons. The maximum absolute atomic E-state index is 13.8. The third-order valence-corrected chi connectivity index (χ3v) is 2.75. The van der Waals surface area contributed by atoms with Crippen LogP contribution in [-0.2, 0) is 6.42 Å². The number of nitrogens with two attached hydrogens (primary N) is 1. The average Bonchev–Trinajstić information content (AvgIpc) is 2.23. The lowest BCUT2D eigenvalue weighted by Crippen LogP contribution is -2.26. The molecule has 2 N–H and O–H groups in total. The summed E-state index contributed by atoms with van der Waals surface area (Å²) in [7, 11) is 1.22. The molecule has 0 heterocycles. The number of anilines is 1. The van der Waals surface area contributed by atoms with Gasteiger partial charge in [0.25, 0.3) is 0 Å². The molecule has 0 aromatic heterocycles. The Morgan fingerprint density at radius 3 is 2.10 bits per heavy atom. The van der Waals surface area contributed by atoms with Gasteiger partial charge in [-0.2, -0.15) is 13.2 Å². The fraction of sp³-hybridized carbons (Fsp3) is 0.538. The molecule has 0 aliphatic rings. The van der Waals surface area contributed by atoms with E-state index in [1.54, 1.807) is 6.92 Å². The maximum Gasteiger partial charge on any atom is 0.390 e. The largest absolute Gasteiger partial charge is 0.390 e. The van der Waals surface area contributed by atoms with E-state index >= 15 is 0 Å². The minimum atomic E-state index is -4.36. The number of rotatable bonds is 5. The molecule has 0 fully saturated rings. The Morgan fingerprint density at radius 1 is 1.20 bits per heavy atom. The molecule has 1 unspecified atom stereocenters. The first-order valence-electron chi connectivity index (χ1n) is 6.11. The van der Waals surface area contributed by atoms with Crippen LogP contribution in [0.5, 0.6) is 0 Å². The molecule has 0 radical (unpaired) electrons. The molecule has 0 aliphatic heterocycles. The SMILES string of the molecule is CC(N)Cc1cc(F)c(N(C)CCC(F)(F)F)c(F)c1. The summed E-state index contributed by atoms with van der Waals surface area (Å²) >= 11 is 0.